The number of rotatable bonds is 4. The lowest BCUT2D eigenvalue weighted by molar-refractivity contribution is -0.123. The lowest BCUT2D eigenvalue weighted by Gasteiger charge is -2.22. The van der Waals surface area contributed by atoms with Crippen LogP contribution in [0.4, 0.5) is 11.4 Å². The second-order valence-electron chi connectivity index (χ2n) is 8.46. The maximum atomic E-state index is 13.5. The quantitative estimate of drug-likeness (QED) is 0.519. The first-order valence-electron chi connectivity index (χ1n) is 11.0. The molecule has 5 rings (SSSR count). The third-order valence-electron chi connectivity index (χ3n) is 6.36. The summed E-state index contributed by atoms with van der Waals surface area (Å²) < 4.78 is 0.510. The van der Waals surface area contributed by atoms with Gasteiger partial charge in [-0.1, -0.05) is 73.2 Å². The fourth-order valence-corrected chi connectivity index (χ4v) is 6.18. The Morgan fingerprint density at radius 2 is 1.76 bits per heavy atom. The molecule has 0 spiro atoms. The predicted octanol–water partition coefficient (Wildman–Crippen LogP) is 4.49. The molecular formula is C25H23N3O3S2. The molecular weight excluding hydrogens is 454 g/mol. The number of hydrogen-bond acceptors (Lipinski definition) is 5. The maximum Gasteiger partial charge on any atom is 0.267 e. The molecule has 1 aliphatic carbocycles. The van der Waals surface area contributed by atoms with Gasteiger partial charge >= 0.3 is 0 Å². The zero-order valence-electron chi connectivity index (χ0n) is 18.2. The van der Waals surface area contributed by atoms with Crippen molar-refractivity contribution < 1.29 is 14.4 Å². The van der Waals surface area contributed by atoms with E-state index >= 15 is 0 Å². The number of fused-ring (bicyclic) bond motifs is 1. The van der Waals surface area contributed by atoms with Crippen LogP contribution in [-0.2, 0) is 14.4 Å². The number of amides is 3. The number of nitrogens with one attached hydrogen (secondary N) is 1. The van der Waals surface area contributed by atoms with Crippen molar-refractivity contribution in [2.75, 3.05) is 16.8 Å². The molecule has 6 nitrogen and oxygen atoms in total. The van der Waals surface area contributed by atoms with E-state index in [1.54, 1.807) is 11.0 Å². The van der Waals surface area contributed by atoms with Gasteiger partial charge in [-0.3, -0.25) is 24.2 Å². The molecule has 1 saturated heterocycles. The fourth-order valence-electron chi connectivity index (χ4n) is 4.71. The fraction of sp³-hybridized carbons (Fsp3) is 0.280. The first-order valence-corrected chi connectivity index (χ1v) is 12.2. The van der Waals surface area contributed by atoms with Crippen molar-refractivity contribution in [1.82, 2.24) is 4.90 Å². The van der Waals surface area contributed by atoms with Gasteiger partial charge in [0.1, 0.15) is 10.9 Å². The smallest absolute Gasteiger partial charge is 0.267 e. The molecule has 0 atom stereocenters. The van der Waals surface area contributed by atoms with Crippen LogP contribution in [0.2, 0.25) is 0 Å². The Morgan fingerprint density at radius 1 is 1.06 bits per heavy atom. The van der Waals surface area contributed by atoms with E-state index in [0.717, 1.165) is 31.2 Å². The summed E-state index contributed by atoms with van der Waals surface area (Å²) in [5.41, 5.74) is 3.28. The minimum absolute atomic E-state index is 0.110. The van der Waals surface area contributed by atoms with Gasteiger partial charge in [0.05, 0.1) is 16.2 Å². The Labute approximate surface area is 202 Å². The summed E-state index contributed by atoms with van der Waals surface area (Å²) in [7, 11) is 0. The van der Waals surface area contributed by atoms with Gasteiger partial charge in [0, 0.05) is 17.3 Å². The third kappa shape index (κ3) is 3.87. The first kappa shape index (κ1) is 21.9. The molecule has 0 unspecified atom stereocenters. The van der Waals surface area contributed by atoms with Crippen LogP contribution in [0.5, 0.6) is 0 Å². The van der Waals surface area contributed by atoms with E-state index in [1.165, 1.54) is 16.7 Å². The molecule has 1 N–H and O–H groups in total. The van der Waals surface area contributed by atoms with Crippen molar-refractivity contribution >= 4 is 63.0 Å². The number of carbonyl (C=O) groups excluding carboxylic acids is 3. The number of hydrogen-bond donors (Lipinski definition) is 1. The Hall–Kier alpha value is -2.97. The third-order valence-corrected chi connectivity index (χ3v) is 7.76. The molecule has 2 heterocycles. The lowest BCUT2D eigenvalue weighted by atomic mass is 10.1. The normalized spacial score (nSPS) is 20.7. The molecule has 8 heteroatoms. The summed E-state index contributed by atoms with van der Waals surface area (Å²) in [6, 6.07) is 14.9. The number of para-hydroxylation sites is 2. The maximum absolute atomic E-state index is 13.5. The van der Waals surface area contributed by atoms with Crippen molar-refractivity contribution in [3.8, 4) is 0 Å². The van der Waals surface area contributed by atoms with Gasteiger partial charge in [-0.25, -0.2) is 0 Å². The van der Waals surface area contributed by atoms with Crippen LogP contribution in [0.3, 0.4) is 0 Å². The number of aryl methyl sites for hydroxylation is 1. The van der Waals surface area contributed by atoms with Crippen molar-refractivity contribution in [3.63, 3.8) is 0 Å². The summed E-state index contributed by atoms with van der Waals surface area (Å²) in [5.74, 6) is -0.837. The van der Waals surface area contributed by atoms with Gasteiger partial charge in [0.2, 0.25) is 5.91 Å². The Balaban J connectivity index is 1.45. The monoisotopic (exact) mass is 477 g/mol. The number of carbonyl (C=O) groups is 3. The second-order valence-corrected chi connectivity index (χ2v) is 10.1. The zero-order valence-corrected chi connectivity index (χ0v) is 19.8. The highest BCUT2D eigenvalue weighted by molar-refractivity contribution is 8.26. The highest BCUT2D eigenvalue weighted by atomic mass is 32.2. The topological polar surface area (TPSA) is 69.7 Å². The van der Waals surface area contributed by atoms with Crippen molar-refractivity contribution in [2.45, 2.75) is 38.6 Å². The number of benzene rings is 2. The average Bonchev–Trinajstić information content (AvgIpc) is 3.48. The van der Waals surface area contributed by atoms with Crippen molar-refractivity contribution in [2.24, 2.45) is 0 Å². The van der Waals surface area contributed by atoms with Crippen LogP contribution in [0.1, 0.15) is 36.8 Å². The largest absolute Gasteiger partial charge is 0.324 e. The Morgan fingerprint density at radius 3 is 2.52 bits per heavy atom. The number of anilines is 2. The van der Waals surface area contributed by atoms with Gasteiger partial charge in [-0.15, -0.1) is 0 Å². The minimum Gasteiger partial charge on any atom is -0.324 e. The van der Waals surface area contributed by atoms with E-state index in [-0.39, 0.29) is 30.3 Å². The Bertz CT molecular complexity index is 1220. The van der Waals surface area contributed by atoms with E-state index in [9.17, 15) is 14.4 Å². The van der Waals surface area contributed by atoms with Crippen LogP contribution >= 0.6 is 24.0 Å². The van der Waals surface area contributed by atoms with Crippen LogP contribution in [0.25, 0.3) is 5.57 Å². The molecule has 2 fully saturated rings. The summed E-state index contributed by atoms with van der Waals surface area (Å²) in [5, 5.41) is 2.88. The van der Waals surface area contributed by atoms with Gasteiger partial charge in [0.15, 0.2) is 0 Å². The zero-order chi connectivity index (χ0) is 23.1. The van der Waals surface area contributed by atoms with Crippen LogP contribution in [0, 0.1) is 6.92 Å². The summed E-state index contributed by atoms with van der Waals surface area (Å²) >= 11 is 6.73. The van der Waals surface area contributed by atoms with Gasteiger partial charge in [-0.05, 0) is 37.5 Å². The van der Waals surface area contributed by atoms with E-state index in [1.807, 2.05) is 49.4 Å². The Kier molecular flexibility index (Phi) is 5.80. The van der Waals surface area contributed by atoms with E-state index in [4.69, 9.17) is 12.2 Å². The first-order chi connectivity index (χ1) is 16.0. The highest BCUT2D eigenvalue weighted by Crippen LogP contribution is 2.46. The van der Waals surface area contributed by atoms with Crippen molar-refractivity contribution in [3.05, 3.63) is 64.6 Å². The summed E-state index contributed by atoms with van der Waals surface area (Å²) in [4.78, 5) is 43.2. The average molecular weight is 478 g/mol. The standard InChI is InChI=1S/C25H23N3O3S2/c1-15-8-2-6-12-18(15)26-20(29)14-27-19-13-7-5-11-17(19)21(23(27)30)22-24(31)28(25(32)33-22)16-9-3-4-10-16/h2,5-8,11-13,16H,3-4,9-10,14H2,1H3,(H,26,29)/b22-21-. The molecule has 2 aromatic rings. The molecule has 1 saturated carbocycles. The highest BCUT2D eigenvalue weighted by Gasteiger charge is 2.44. The number of nitrogens with zero attached hydrogens (tertiary/aromatic N) is 2. The summed E-state index contributed by atoms with van der Waals surface area (Å²) in [6.07, 6.45) is 4.04. The van der Waals surface area contributed by atoms with E-state index in [2.05, 4.69) is 5.32 Å². The number of thioether (sulfide) groups is 1. The van der Waals surface area contributed by atoms with E-state index in [0.29, 0.717) is 31.7 Å². The van der Waals surface area contributed by atoms with Crippen LogP contribution < -0.4 is 10.2 Å². The van der Waals surface area contributed by atoms with Crippen LogP contribution in [-0.4, -0.2) is 39.5 Å². The SMILES string of the molecule is Cc1ccccc1NC(=O)CN1C(=O)/C(=C2\SC(=S)N(C3CCCC3)C2=O)c2ccccc21. The molecule has 0 bridgehead atoms. The molecule has 3 aliphatic rings. The number of thiocarbonyl (C=S) groups is 1. The molecule has 168 valence electrons. The second kappa shape index (κ2) is 8.76. The minimum atomic E-state index is -0.344. The molecule has 0 aromatic heterocycles. The molecule has 33 heavy (non-hydrogen) atoms. The predicted molar refractivity (Wildman–Crippen MR) is 135 cm³/mol. The van der Waals surface area contributed by atoms with Gasteiger partial charge in [-0.2, -0.15) is 0 Å². The van der Waals surface area contributed by atoms with Gasteiger partial charge in [0.25, 0.3) is 11.8 Å². The molecule has 2 aromatic carbocycles. The molecule has 0 radical (unpaired) electrons. The lowest BCUT2D eigenvalue weighted by Crippen LogP contribution is -2.37. The van der Waals surface area contributed by atoms with Gasteiger partial charge < -0.3 is 5.32 Å². The van der Waals surface area contributed by atoms with Crippen LogP contribution in [0.15, 0.2) is 53.4 Å². The summed E-state index contributed by atoms with van der Waals surface area (Å²) in [6.45, 7) is 1.77. The molecule has 3 amide bonds. The van der Waals surface area contributed by atoms with E-state index < -0.39 is 0 Å². The van der Waals surface area contributed by atoms with Crippen molar-refractivity contribution in [1.29, 1.82) is 0 Å². The molecule has 2 aliphatic heterocycles.